The van der Waals surface area contributed by atoms with Crippen LogP contribution in [0.25, 0.3) is 0 Å². The Balaban J connectivity index is 2.56. The molecule has 0 unspecified atom stereocenters. The molecule has 0 radical (unpaired) electrons. The summed E-state index contributed by atoms with van der Waals surface area (Å²) in [6, 6.07) is 3.27. The lowest BCUT2D eigenvalue weighted by atomic mass is 10.2. The average Bonchev–Trinajstić information content (AvgIpc) is 2.37. The number of carbonyl (C=O) groups is 1. The van der Waals surface area contributed by atoms with Gasteiger partial charge in [-0.3, -0.25) is 4.79 Å². The minimum Gasteiger partial charge on any atom is -0.377 e. The first-order valence-corrected chi connectivity index (χ1v) is 5.84. The third kappa shape index (κ3) is 4.31. The Hall–Kier alpha value is -1.66. The number of amides is 1. The number of hydrazine groups is 1. The molecule has 0 bridgehead atoms. The lowest BCUT2D eigenvalue weighted by molar-refractivity contribution is 0.0532. The van der Waals surface area contributed by atoms with Crippen LogP contribution in [0.4, 0.5) is 5.82 Å². The summed E-state index contributed by atoms with van der Waals surface area (Å²) in [6.07, 6.45) is 1.71. The van der Waals surface area contributed by atoms with Crippen molar-refractivity contribution in [2.24, 2.45) is 5.84 Å². The molecule has 0 saturated carbocycles. The summed E-state index contributed by atoms with van der Waals surface area (Å²) in [5.41, 5.74) is 2.96. The number of rotatable bonds is 6. The SMILES string of the molecule is CC(C)OCCN(C)C(=O)c1ccnc(NN)c1. The summed E-state index contributed by atoms with van der Waals surface area (Å²) < 4.78 is 5.40. The highest BCUT2D eigenvalue weighted by molar-refractivity contribution is 5.94. The second kappa shape index (κ2) is 6.93. The van der Waals surface area contributed by atoms with Crippen LogP contribution in [0.2, 0.25) is 0 Å². The quantitative estimate of drug-likeness (QED) is 0.580. The number of nitrogen functional groups attached to an aromatic ring is 1. The fourth-order valence-corrected chi connectivity index (χ4v) is 1.39. The standard InChI is InChI=1S/C12H20N4O2/c1-9(2)18-7-6-16(3)12(17)10-4-5-14-11(8-10)15-13/h4-5,8-9H,6-7,13H2,1-3H3,(H,14,15). The summed E-state index contributed by atoms with van der Waals surface area (Å²) in [6.45, 7) is 4.99. The number of anilines is 1. The van der Waals surface area contributed by atoms with Crippen molar-refractivity contribution in [3.05, 3.63) is 23.9 Å². The van der Waals surface area contributed by atoms with Gasteiger partial charge in [-0.1, -0.05) is 0 Å². The third-order valence-corrected chi connectivity index (χ3v) is 2.38. The number of hydrogen-bond donors (Lipinski definition) is 2. The number of likely N-dealkylation sites (N-methyl/N-ethyl adjacent to an activating group) is 1. The minimum atomic E-state index is -0.0822. The Kier molecular flexibility index (Phi) is 5.54. The van der Waals surface area contributed by atoms with Crippen LogP contribution >= 0.6 is 0 Å². The molecule has 0 aliphatic carbocycles. The summed E-state index contributed by atoms with van der Waals surface area (Å²) in [5.74, 6) is 5.63. The number of nitrogens with zero attached hydrogens (tertiary/aromatic N) is 2. The van der Waals surface area contributed by atoms with Crippen molar-refractivity contribution in [3.8, 4) is 0 Å². The van der Waals surface area contributed by atoms with Crippen LogP contribution in [0.1, 0.15) is 24.2 Å². The number of nitrogens with one attached hydrogen (secondary N) is 1. The monoisotopic (exact) mass is 252 g/mol. The molecule has 0 aliphatic rings. The van der Waals surface area contributed by atoms with Crippen molar-refractivity contribution in [2.45, 2.75) is 20.0 Å². The molecule has 18 heavy (non-hydrogen) atoms. The van der Waals surface area contributed by atoms with Crippen molar-refractivity contribution in [2.75, 3.05) is 25.6 Å². The molecule has 0 fully saturated rings. The van der Waals surface area contributed by atoms with Gasteiger partial charge in [-0.2, -0.15) is 0 Å². The molecule has 6 heteroatoms. The van der Waals surface area contributed by atoms with Crippen LogP contribution in [0.15, 0.2) is 18.3 Å². The van der Waals surface area contributed by atoms with Gasteiger partial charge in [0.1, 0.15) is 5.82 Å². The van der Waals surface area contributed by atoms with Gasteiger partial charge in [-0.25, -0.2) is 10.8 Å². The molecule has 1 amide bonds. The lowest BCUT2D eigenvalue weighted by Crippen LogP contribution is -2.30. The van der Waals surface area contributed by atoms with E-state index in [0.717, 1.165) is 0 Å². The fourth-order valence-electron chi connectivity index (χ4n) is 1.39. The molecule has 0 spiro atoms. The first-order chi connectivity index (χ1) is 8.54. The van der Waals surface area contributed by atoms with Crippen molar-refractivity contribution >= 4 is 11.7 Å². The van der Waals surface area contributed by atoms with Crippen molar-refractivity contribution in [1.29, 1.82) is 0 Å². The van der Waals surface area contributed by atoms with E-state index in [1.807, 2.05) is 13.8 Å². The molecule has 1 aromatic heterocycles. The maximum absolute atomic E-state index is 12.1. The average molecular weight is 252 g/mol. The maximum Gasteiger partial charge on any atom is 0.253 e. The number of nitrogens with two attached hydrogens (primary N) is 1. The Bertz CT molecular complexity index is 395. The first kappa shape index (κ1) is 14.4. The number of pyridine rings is 1. The van der Waals surface area contributed by atoms with Gasteiger partial charge in [-0.15, -0.1) is 0 Å². The minimum absolute atomic E-state index is 0.0822. The fraction of sp³-hybridized carbons (Fsp3) is 0.500. The van der Waals surface area contributed by atoms with Gasteiger partial charge in [0.05, 0.1) is 12.7 Å². The van der Waals surface area contributed by atoms with E-state index in [2.05, 4.69) is 10.4 Å². The van der Waals surface area contributed by atoms with Crippen molar-refractivity contribution in [3.63, 3.8) is 0 Å². The Morgan fingerprint density at radius 2 is 2.33 bits per heavy atom. The largest absolute Gasteiger partial charge is 0.377 e. The maximum atomic E-state index is 12.1. The van der Waals surface area contributed by atoms with Gasteiger partial charge in [-0.05, 0) is 26.0 Å². The predicted molar refractivity (Wildman–Crippen MR) is 70.1 cm³/mol. The van der Waals surface area contributed by atoms with E-state index in [0.29, 0.717) is 24.5 Å². The molecule has 3 N–H and O–H groups in total. The molecule has 6 nitrogen and oxygen atoms in total. The lowest BCUT2D eigenvalue weighted by Gasteiger charge is -2.18. The van der Waals surface area contributed by atoms with Gasteiger partial charge in [0.15, 0.2) is 0 Å². The van der Waals surface area contributed by atoms with E-state index in [-0.39, 0.29) is 12.0 Å². The van der Waals surface area contributed by atoms with Crippen molar-refractivity contribution < 1.29 is 9.53 Å². The van der Waals surface area contributed by atoms with Gasteiger partial charge in [0.2, 0.25) is 0 Å². The topological polar surface area (TPSA) is 80.5 Å². The molecular weight excluding hydrogens is 232 g/mol. The molecule has 1 rings (SSSR count). The van der Waals surface area contributed by atoms with E-state index < -0.39 is 0 Å². The molecule has 1 heterocycles. The molecule has 100 valence electrons. The van der Waals surface area contributed by atoms with Crippen LogP contribution in [0.3, 0.4) is 0 Å². The van der Waals surface area contributed by atoms with Crippen LogP contribution in [-0.4, -0.2) is 42.1 Å². The molecule has 0 aliphatic heterocycles. The van der Waals surface area contributed by atoms with E-state index >= 15 is 0 Å². The Labute approximate surface area is 107 Å². The first-order valence-electron chi connectivity index (χ1n) is 5.84. The van der Waals surface area contributed by atoms with Crippen LogP contribution in [-0.2, 0) is 4.74 Å². The summed E-state index contributed by atoms with van der Waals surface area (Å²) in [4.78, 5) is 17.6. The van der Waals surface area contributed by atoms with Crippen molar-refractivity contribution in [1.82, 2.24) is 9.88 Å². The number of aromatic nitrogens is 1. The highest BCUT2D eigenvalue weighted by Crippen LogP contribution is 2.08. The molecule has 0 saturated heterocycles. The zero-order valence-corrected chi connectivity index (χ0v) is 11.0. The smallest absolute Gasteiger partial charge is 0.253 e. The zero-order chi connectivity index (χ0) is 13.5. The summed E-state index contributed by atoms with van der Waals surface area (Å²) >= 11 is 0. The number of ether oxygens (including phenoxy) is 1. The zero-order valence-electron chi connectivity index (χ0n) is 11.0. The Morgan fingerprint density at radius 1 is 1.61 bits per heavy atom. The third-order valence-electron chi connectivity index (χ3n) is 2.38. The van der Waals surface area contributed by atoms with Crippen LogP contribution in [0.5, 0.6) is 0 Å². The highest BCUT2D eigenvalue weighted by atomic mass is 16.5. The summed E-state index contributed by atoms with van der Waals surface area (Å²) in [7, 11) is 1.74. The molecule has 0 aromatic carbocycles. The molecular formula is C12H20N4O2. The highest BCUT2D eigenvalue weighted by Gasteiger charge is 2.12. The van der Waals surface area contributed by atoms with Gasteiger partial charge < -0.3 is 15.1 Å². The molecule has 0 atom stereocenters. The predicted octanol–water partition coefficient (Wildman–Crippen LogP) is 0.864. The Morgan fingerprint density at radius 3 is 2.94 bits per heavy atom. The van der Waals surface area contributed by atoms with Gasteiger partial charge >= 0.3 is 0 Å². The van der Waals surface area contributed by atoms with Crippen LogP contribution < -0.4 is 11.3 Å². The number of carbonyl (C=O) groups excluding carboxylic acids is 1. The normalized spacial score (nSPS) is 10.5. The van der Waals surface area contributed by atoms with E-state index in [4.69, 9.17) is 10.6 Å². The number of hydrogen-bond acceptors (Lipinski definition) is 5. The summed E-state index contributed by atoms with van der Waals surface area (Å²) in [5, 5.41) is 0. The van der Waals surface area contributed by atoms with E-state index in [1.54, 1.807) is 30.3 Å². The van der Waals surface area contributed by atoms with E-state index in [1.165, 1.54) is 0 Å². The van der Waals surface area contributed by atoms with Crippen LogP contribution in [0, 0.1) is 0 Å². The second-order valence-corrected chi connectivity index (χ2v) is 4.22. The van der Waals surface area contributed by atoms with E-state index in [9.17, 15) is 4.79 Å². The molecule has 1 aromatic rings. The van der Waals surface area contributed by atoms with Gasteiger partial charge in [0.25, 0.3) is 5.91 Å². The second-order valence-electron chi connectivity index (χ2n) is 4.22. The van der Waals surface area contributed by atoms with Gasteiger partial charge in [0, 0.05) is 25.4 Å².